The van der Waals surface area contributed by atoms with Gasteiger partial charge in [-0.05, 0) is 18.8 Å². The molecule has 1 aliphatic rings. The normalized spacial score (nSPS) is 18.1. The van der Waals surface area contributed by atoms with Gasteiger partial charge in [0.1, 0.15) is 12.1 Å². The lowest BCUT2D eigenvalue weighted by atomic mass is 9.85. The van der Waals surface area contributed by atoms with Crippen molar-refractivity contribution >= 4 is 5.82 Å². The summed E-state index contributed by atoms with van der Waals surface area (Å²) in [6.07, 6.45) is 10.3. The van der Waals surface area contributed by atoms with Crippen molar-refractivity contribution in [2.75, 3.05) is 12.4 Å². The van der Waals surface area contributed by atoms with E-state index < -0.39 is 0 Å². The van der Waals surface area contributed by atoms with Crippen molar-refractivity contribution < 1.29 is 0 Å². The SMILES string of the molecule is CNc1ncncc1C1CCCCC1. The molecule has 0 unspecified atom stereocenters. The third-order valence-electron chi connectivity index (χ3n) is 3.02. The number of hydrogen-bond acceptors (Lipinski definition) is 3. The van der Waals surface area contributed by atoms with Crippen molar-refractivity contribution in [3.8, 4) is 0 Å². The van der Waals surface area contributed by atoms with E-state index in [0.29, 0.717) is 5.92 Å². The van der Waals surface area contributed by atoms with Crippen LogP contribution < -0.4 is 5.32 Å². The van der Waals surface area contributed by atoms with Gasteiger partial charge in [0.25, 0.3) is 0 Å². The van der Waals surface area contributed by atoms with Gasteiger partial charge in [0.05, 0.1) is 0 Å². The number of nitrogens with one attached hydrogen (secondary N) is 1. The molecule has 14 heavy (non-hydrogen) atoms. The molecule has 0 spiro atoms. The number of rotatable bonds is 2. The van der Waals surface area contributed by atoms with Gasteiger partial charge in [-0.3, -0.25) is 0 Å². The quantitative estimate of drug-likeness (QED) is 0.780. The van der Waals surface area contributed by atoms with Crippen LogP contribution in [0.25, 0.3) is 0 Å². The van der Waals surface area contributed by atoms with Crippen LogP contribution in [0.3, 0.4) is 0 Å². The third kappa shape index (κ3) is 1.86. The van der Waals surface area contributed by atoms with Gasteiger partial charge < -0.3 is 5.32 Å². The summed E-state index contributed by atoms with van der Waals surface area (Å²) in [5.41, 5.74) is 1.30. The summed E-state index contributed by atoms with van der Waals surface area (Å²) >= 11 is 0. The van der Waals surface area contributed by atoms with Crippen LogP contribution in [0.2, 0.25) is 0 Å². The van der Waals surface area contributed by atoms with Crippen LogP contribution >= 0.6 is 0 Å². The Bertz CT molecular complexity index is 292. The zero-order valence-electron chi connectivity index (χ0n) is 8.66. The molecule has 3 nitrogen and oxygen atoms in total. The summed E-state index contributed by atoms with van der Waals surface area (Å²) in [6.45, 7) is 0. The molecule has 0 atom stereocenters. The van der Waals surface area contributed by atoms with Gasteiger partial charge in [-0.15, -0.1) is 0 Å². The minimum atomic E-state index is 0.674. The predicted molar refractivity (Wildman–Crippen MR) is 57.4 cm³/mol. The molecule has 0 aliphatic heterocycles. The average molecular weight is 191 g/mol. The Labute approximate surface area is 85.0 Å². The zero-order chi connectivity index (χ0) is 9.80. The molecule has 1 aromatic heterocycles. The first-order valence-electron chi connectivity index (χ1n) is 5.39. The Morgan fingerprint density at radius 2 is 2.07 bits per heavy atom. The Morgan fingerprint density at radius 1 is 1.29 bits per heavy atom. The van der Waals surface area contributed by atoms with Gasteiger partial charge in [-0.25, -0.2) is 9.97 Å². The standard InChI is InChI=1S/C11H17N3/c1-12-11-10(7-13-8-14-11)9-5-3-2-4-6-9/h7-9H,2-6H2,1H3,(H,12,13,14). The lowest BCUT2D eigenvalue weighted by Gasteiger charge is -2.22. The van der Waals surface area contributed by atoms with E-state index in [1.165, 1.54) is 37.7 Å². The monoisotopic (exact) mass is 191 g/mol. The maximum absolute atomic E-state index is 4.25. The molecular formula is C11H17N3. The summed E-state index contributed by atoms with van der Waals surface area (Å²) in [4.78, 5) is 8.37. The van der Waals surface area contributed by atoms with Crippen molar-refractivity contribution in [1.29, 1.82) is 0 Å². The van der Waals surface area contributed by atoms with Crippen LogP contribution in [0.1, 0.15) is 43.6 Å². The molecule has 0 amide bonds. The smallest absolute Gasteiger partial charge is 0.132 e. The molecule has 76 valence electrons. The van der Waals surface area contributed by atoms with E-state index in [-0.39, 0.29) is 0 Å². The summed E-state index contributed by atoms with van der Waals surface area (Å²) < 4.78 is 0. The van der Waals surface area contributed by atoms with E-state index in [1.54, 1.807) is 6.33 Å². The topological polar surface area (TPSA) is 37.8 Å². The van der Waals surface area contributed by atoms with Crippen LogP contribution in [0, 0.1) is 0 Å². The van der Waals surface area contributed by atoms with Gasteiger partial charge in [0.2, 0.25) is 0 Å². The second-order valence-corrected chi connectivity index (χ2v) is 3.91. The first kappa shape index (κ1) is 9.44. The molecule has 0 saturated heterocycles. The van der Waals surface area contributed by atoms with Crippen LogP contribution in [0.4, 0.5) is 5.82 Å². The van der Waals surface area contributed by atoms with E-state index in [0.717, 1.165) is 5.82 Å². The number of hydrogen-bond donors (Lipinski definition) is 1. The third-order valence-corrected chi connectivity index (χ3v) is 3.02. The van der Waals surface area contributed by atoms with Crippen molar-refractivity contribution in [3.05, 3.63) is 18.1 Å². The second-order valence-electron chi connectivity index (χ2n) is 3.91. The minimum absolute atomic E-state index is 0.674. The van der Waals surface area contributed by atoms with E-state index in [4.69, 9.17) is 0 Å². The van der Waals surface area contributed by atoms with E-state index in [2.05, 4.69) is 15.3 Å². The van der Waals surface area contributed by atoms with Crippen molar-refractivity contribution in [3.63, 3.8) is 0 Å². The summed E-state index contributed by atoms with van der Waals surface area (Å²) in [7, 11) is 1.93. The van der Waals surface area contributed by atoms with E-state index in [1.807, 2.05) is 13.2 Å². The van der Waals surface area contributed by atoms with Crippen LogP contribution in [0.5, 0.6) is 0 Å². The molecule has 1 heterocycles. The molecule has 1 fully saturated rings. The molecule has 0 radical (unpaired) electrons. The van der Waals surface area contributed by atoms with E-state index in [9.17, 15) is 0 Å². The molecule has 1 aliphatic carbocycles. The minimum Gasteiger partial charge on any atom is -0.373 e. The lowest BCUT2D eigenvalue weighted by Crippen LogP contribution is -2.08. The molecule has 0 bridgehead atoms. The Balaban J connectivity index is 2.20. The van der Waals surface area contributed by atoms with Crippen LogP contribution in [-0.4, -0.2) is 17.0 Å². The van der Waals surface area contributed by atoms with Gasteiger partial charge in [0.15, 0.2) is 0 Å². The first-order chi connectivity index (χ1) is 6.92. The van der Waals surface area contributed by atoms with Gasteiger partial charge in [-0.1, -0.05) is 19.3 Å². The maximum Gasteiger partial charge on any atom is 0.132 e. The maximum atomic E-state index is 4.25. The molecule has 1 saturated carbocycles. The van der Waals surface area contributed by atoms with Crippen LogP contribution in [0.15, 0.2) is 12.5 Å². The highest BCUT2D eigenvalue weighted by Gasteiger charge is 2.18. The molecule has 0 aromatic carbocycles. The van der Waals surface area contributed by atoms with Crippen molar-refractivity contribution in [2.24, 2.45) is 0 Å². The lowest BCUT2D eigenvalue weighted by molar-refractivity contribution is 0.443. The fourth-order valence-electron chi connectivity index (χ4n) is 2.26. The summed E-state index contributed by atoms with van der Waals surface area (Å²) in [5, 5.41) is 3.14. The molecule has 1 N–H and O–H groups in total. The fourth-order valence-corrected chi connectivity index (χ4v) is 2.26. The summed E-state index contributed by atoms with van der Waals surface area (Å²) in [5.74, 6) is 1.68. The molecule has 3 heteroatoms. The van der Waals surface area contributed by atoms with Crippen molar-refractivity contribution in [2.45, 2.75) is 38.0 Å². The average Bonchev–Trinajstić information content (AvgIpc) is 2.30. The van der Waals surface area contributed by atoms with Crippen LogP contribution in [-0.2, 0) is 0 Å². The fraction of sp³-hybridized carbons (Fsp3) is 0.636. The number of anilines is 1. The highest BCUT2D eigenvalue weighted by molar-refractivity contribution is 5.43. The van der Waals surface area contributed by atoms with Gasteiger partial charge in [0, 0.05) is 18.8 Å². The molecule has 1 aromatic rings. The van der Waals surface area contributed by atoms with Gasteiger partial charge in [-0.2, -0.15) is 0 Å². The van der Waals surface area contributed by atoms with E-state index >= 15 is 0 Å². The largest absolute Gasteiger partial charge is 0.373 e. The highest BCUT2D eigenvalue weighted by Crippen LogP contribution is 2.34. The first-order valence-corrected chi connectivity index (χ1v) is 5.39. The Hall–Kier alpha value is -1.12. The molecular weight excluding hydrogens is 174 g/mol. The molecule has 2 rings (SSSR count). The number of aromatic nitrogens is 2. The Kier molecular flexibility index (Phi) is 2.96. The summed E-state index contributed by atoms with van der Waals surface area (Å²) in [6, 6.07) is 0. The predicted octanol–water partition coefficient (Wildman–Crippen LogP) is 2.57. The second kappa shape index (κ2) is 4.40. The highest BCUT2D eigenvalue weighted by atomic mass is 15.0. The zero-order valence-corrected chi connectivity index (χ0v) is 8.66. The number of nitrogens with zero attached hydrogens (tertiary/aromatic N) is 2. The van der Waals surface area contributed by atoms with Gasteiger partial charge >= 0.3 is 0 Å². The Morgan fingerprint density at radius 3 is 2.79 bits per heavy atom. The van der Waals surface area contributed by atoms with Crippen molar-refractivity contribution in [1.82, 2.24) is 9.97 Å².